The van der Waals surface area contributed by atoms with Gasteiger partial charge in [0.2, 0.25) is 0 Å². The van der Waals surface area contributed by atoms with Crippen LogP contribution in [0.15, 0.2) is 30.6 Å². The Morgan fingerprint density at radius 3 is 2.78 bits per heavy atom. The van der Waals surface area contributed by atoms with Crippen LogP contribution >= 0.6 is 0 Å². The van der Waals surface area contributed by atoms with Gasteiger partial charge >= 0.3 is 0 Å². The molecule has 0 atom stereocenters. The monoisotopic (exact) mass is 246 g/mol. The van der Waals surface area contributed by atoms with Crippen LogP contribution in [0.25, 0.3) is 11.1 Å². The van der Waals surface area contributed by atoms with Crippen LogP contribution in [0.4, 0.5) is 10.1 Å². The number of halogens is 1. The lowest BCUT2D eigenvalue weighted by molar-refractivity contribution is 0.339. The van der Waals surface area contributed by atoms with Crippen LogP contribution in [0.2, 0.25) is 0 Å². The minimum atomic E-state index is -0.308. The van der Waals surface area contributed by atoms with E-state index in [4.69, 9.17) is 10.5 Å². The number of aromatic nitrogens is 1. The van der Waals surface area contributed by atoms with Crippen molar-refractivity contribution in [3.05, 3.63) is 42.0 Å². The summed E-state index contributed by atoms with van der Waals surface area (Å²) in [4.78, 5) is 4.04. The van der Waals surface area contributed by atoms with E-state index in [-0.39, 0.29) is 5.82 Å². The molecular formula is C14H15FN2O. The van der Waals surface area contributed by atoms with E-state index in [0.717, 1.165) is 5.56 Å². The van der Waals surface area contributed by atoms with Gasteiger partial charge in [0.25, 0.3) is 0 Å². The van der Waals surface area contributed by atoms with Gasteiger partial charge < -0.3 is 10.5 Å². The normalized spacial score (nSPS) is 10.4. The van der Waals surface area contributed by atoms with Crippen LogP contribution in [0.1, 0.15) is 12.5 Å². The summed E-state index contributed by atoms with van der Waals surface area (Å²) >= 11 is 0. The SMILES string of the molecule is CCOc1cncc(-c2cc(N)c(C)cc2F)c1. The molecule has 0 aliphatic rings. The molecule has 0 spiro atoms. The molecule has 1 aromatic heterocycles. The highest BCUT2D eigenvalue weighted by molar-refractivity contribution is 5.69. The fraction of sp³-hybridized carbons (Fsp3) is 0.214. The van der Waals surface area contributed by atoms with Gasteiger partial charge in [-0.1, -0.05) is 0 Å². The number of pyridine rings is 1. The maximum Gasteiger partial charge on any atom is 0.138 e. The Morgan fingerprint density at radius 2 is 2.06 bits per heavy atom. The molecule has 0 aliphatic heterocycles. The summed E-state index contributed by atoms with van der Waals surface area (Å²) in [5, 5.41) is 0. The Balaban J connectivity index is 2.48. The van der Waals surface area contributed by atoms with Crippen molar-refractivity contribution in [3.63, 3.8) is 0 Å². The molecule has 1 aromatic carbocycles. The van der Waals surface area contributed by atoms with Gasteiger partial charge in [-0.2, -0.15) is 0 Å². The number of hydrogen-bond acceptors (Lipinski definition) is 3. The molecule has 2 aromatic rings. The van der Waals surface area contributed by atoms with Gasteiger partial charge in [0, 0.05) is 23.0 Å². The maximum absolute atomic E-state index is 13.9. The van der Waals surface area contributed by atoms with E-state index in [1.54, 1.807) is 31.5 Å². The topological polar surface area (TPSA) is 48.1 Å². The van der Waals surface area contributed by atoms with Crippen molar-refractivity contribution in [1.82, 2.24) is 4.98 Å². The number of ether oxygens (including phenoxy) is 1. The Bertz CT molecular complexity index is 570. The van der Waals surface area contributed by atoms with Gasteiger partial charge in [-0.25, -0.2) is 4.39 Å². The molecule has 0 unspecified atom stereocenters. The van der Waals surface area contributed by atoms with Gasteiger partial charge in [-0.3, -0.25) is 4.98 Å². The molecule has 0 fully saturated rings. The number of anilines is 1. The first-order valence-electron chi connectivity index (χ1n) is 5.75. The average Bonchev–Trinajstić information content (AvgIpc) is 2.34. The zero-order chi connectivity index (χ0) is 13.1. The van der Waals surface area contributed by atoms with Crippen LogP contribution in [0, 0.1) is 12.7 Å². The minimum absolute atomic E-state index is 0.308. The lowest BCUT2D eigenvalue weighted by Crippen LogP contribution is -1.96. The first-order valence-corrected chi connectivity index (χ1v) is 5.75. The summed E-state index contributed by atoms with van der Waals surface area (Å²) in [7, 11) is 0. The molecule has 0 amide bonds. The summed E-state index contributed by atoms with van der Waals surface area (Å²) in [6.07, 6.45) is 3.19. The molecule has 0 saturated heterocycles. The van der Waals surface area contributed by atoms with Crippen LogP contribution in [0.3, 0.4) is 0 Å². The fourth-order valence-corrected chi connectivity index (χ4v) is 1.72. The number of hydrogen-bond donors (Lipinski definition) is 1. The zero-order valence-corrected chi connectivity index (χ0v) is 10.4. The predicted octanol–water partition coefficient (Wildman–Crippen LogP) is 3.18. The number of rotatable bonds is 3. The second-order valence-corrected chi connectivity index (χ2v) is 4.03. The molecule has 0 bridgehead atoms. The van der Waals surface area contributed by atoms with E-state index >= 15 is 0 Å². The molecule has 0 radical (unpaired) electrons. The van der Waals surface area contributed by atoms with Gasteiger partial charge in [0.15, 0.2) is 0 Å². The molecule has 2 N–H and O–H groups in total. The largest absolute Gasteiger partial charge is 0.492 e. The van der Waals surface area contributed by atoms with Gasteiger partial charge in [-0.05, 0) is 37.6 Å². The maximum atomic E-state index is 13.9. The summed E-state index contributed by atoms with van der Waals surface area (Å²) in [5.74, 6) is 0.311. The second-order valence-electron chi connectivity index (χ2n) is 4.03. The van der Waals surface area contributed by atoms with Crippen LogP contribution in [0.5, 0.6) is 5.75 Å². The zero-order valence-electron chi connectivity index (χ0n) is 10.4. The molecule has 18 heavy (non-hydrogen) atoms. The lowest BCUT2D eigenvalue weighted by Gasteiger charge is -2.09. The lowest BCUT2D eigenvalue weighted by atomic mass is 10.0. The summed E-state index contributed by atoms with van der Waals surface area (Å²) in [6, 6.07) is 4.80. The van der Waals surface area contributed by atoms with E-state index in [2.05, 4.69) is 4.98 Å². The average molecular weight is 246 g/mol. The highest BCUT2D eigenvalue weighted by atomic mass is 19.1. The van der Waals surface area contributed by atoms with E-state index in [9.17, 15) is 4.39 Å². The van der Waals surface area contributed by atoms with E-state index in [1.165, 1.54) is 6.07 Å². The van der Waals surface area contributed by atoms with E-state index < -0.39 is 0 Å². The molecule has 94 valence electrons. The Labute approximate surface area is 105 Å². The predicted molar refractivity (Wildman–Crippen MR) is 69.9 cm³/mol. The number of aryl methyl sites for hydroxylation is 1. The molecule has 0 aliphatic carbocycles. The summed E-state index contributed by atoms with van der Waals surface area (Å²) < 4.78 is 19.3. The van der Waals surface area contributed by atoms with Crippen molar-refractivity contribution < 1.29 is 9.13 Å². The molecule has 0 saturated carbocycles. The second kappa shape index (κ2) is 5.04. The fourth-order valence-electron chi connectivity index (χ4n) is 1.72. The highest BCUT2D eigenvalue weighted by Crippen LogP contribution is 2.28. The van der Waals surface area contributed by atoms with Crippen molar-refractivity contribution in [1.29, 1.82) is 0 Å². The minimum Gasteiger partial charge on any atom is -0.492 e. The third-order valence-electron chi connectivity index (χ3n) is 2.69. The Kier molecular flexibility index (Phi) is 3.46. The quantitative estimate of drug-likeness (QED) is 0.846. The number of nitrogen functional groups attached to an aromatic ring is 1. The Morgan fingerprint density at radius 1 is 1.28 bits per heavy atom. The molecular weight excluding hydrogens is 231 g/mol. The molecule has 4 heteroatoms. The Hall–Kier alpha value is -2.10. The molecule has 1 heterocycles. The standard InChI is InChI=1S/C14H15FN2O/c1-3-18-11-5-10(7-17-8-11)12-6-14(16)9(2)4-13(12)15/h4-8H,3,16H2,1-2H3. The molecule has 3 nitrogen and oxygen atoms in total. The van der Waals surface area contributed by atoms with Gasteiger partial charge in [0.05, 0.1) is 12.8 Å². The van der Waals surface area contributed by atoms with Crippen molar-refractivity contribution in [3.8, 4) is 16.9 Å². The smallest absolute Gasteiger partial charge is 0.138 e. The van der Waals surface area contributed by atoms with Crippen molar-refractivity contribution in [2.45, 2.75) is 13.8 Å². The van der Waals surface area contributed by atoms with Crippen LogP contribution in [-0.4, -0.2) is 11.6 Å². The van der Waals surface area contributed by atoms with E-state index in [1.807, 2.05) is 6.92 Å². The molecule has 2 rings (SSSR count). The van der Waals surface area contributed by atoms with Gasteiger partial charge in [-0.15, -0.1) is 0 Å². The van der Waals surface area contributed by atoms with Crippen molar-refractivity contribution >= 4 is 5.69 Å². The van der Waals surface area contributed by atoms with Gasteiger partial charge in [0.1, 0.15) is 11.6 Å². The number of benzene rings is 1. The van der Waals surface area contributed by atoms with Crippen LogP contribution < -0.4 is 10.5 Å². The van der Waals surface area contributed by atoms with Crippen LogP contribution in [-0.2, 0) is 0 Å². The third kappa shape index (κ3) is 2.42. The summed E-state index contributed by atoms with van der Waals surface area (Å²) in [6.45, 7) is 4.21. The van der Waals surface area contributed by atoms with E-state index in [0.29, 0.717) is 29.2 Å². The highest BCUT2D eigenvalue weighted by Gasteiger charge is 2.09. The number of nitrogens with zero attached hydrogens (tertiary/aromatic N) is 1. The summed E-state index contributed by atoms with van der Waals surface area (Å²) in [5.41, 5.74) is 8.19. The van der Waals surface area contributed by atoms with Crippen molar-refractivity contribution in [2.24, 2.45) is 0 Å². The first kappa shape index (κ1) is 12.4. The first-order chi connectivity index (χ1) is 8.61. The number of nitrogens with two attached hydrogens (primary N) is 1. The van der Waals surface area contributed by atoms with Crippen molar-refractivity contribution in [2.75, 3.05) is 12.3 Å². The third-order valence-corrected chi connectivity index (χ3v) is 2.69.